The molecule has 0 saturated heterocycles. The van der Waals surface area contributed by atoms with Crippen molar-refractivity contribution >= 4 is 57.8 Å². The van der Waals surface area contributed by atoms with Crippen LogP contribution in [0.25, 0.3) is 5.57 Å². The lowest BCUT2D eigenvalue weighted by Crippen LogP contribution is -2.35. The molecule has 11 nitrogen and oxygen atoms in total. The van der Waals surface area contributed by atoms with Crippen molar-refractivity contribution in [3.63, 3.8) is 0 Å². The van der Waals surface area contributed by atoms with E-state index in [2.05, 4.69) is 37.0 Å². The van der Waals surface area contributed by atoms with Crippen LogP contribution in [0.3, 0.4) is 0 Å². The fraction of sp³-hybridized carbons (Fsp3) is 0.207. The zero-order valence-corrected chi connectivity index (χ0v) is 23.8. The van der Waals surface area contributed by atoms with Gasteiger partial charge in [-0.05, 0) is 90.1 Å². The number of aromatic nitrogens is 4. The highest BCUT2D eigenvalue weighted by Gasteiger charge is 2.21. The predicted octanol–water partition coefficient (Wildman–Crippen LogP) is 6.73. The van der Waals surface area contributed by atoms with Crippen LogP contribution in [0, 0.1) is 10.1 Å². The number of aromatic amines is 1. The standard InChI is InChI=1S/C29H26Cl2N8O3/c30-23-14-24(31)16-25(15-23)32-27(18-39(41)42)38(26-12-10-21(11-13-26)20-4-2-1-3-5-20)17-19-6-8-22(9-7-19)28(40)33-29-34-36-37-35-29/h4,6-16H,1-3,5,17-18H2,(H2,33,34,35,36,37,40). The highest BCUT2D eigenvalue weighted by atomic mass is 35.5. The van der Waals surface area contributed by atoms with Crippen LogP contribution in [-0.4, -0.2) is 43.8 Å². The molecule has 1 aliphatic carbocycles. The second-order valence-electron chi connectivity index (χ2n) is 9.64. The van der Waals surface area contributed by atoms with Gasteiger partial charge in [0.25, 0.3) is 18.4 Å². The summed E-state index contributed by atoms with van der Waals surface area (Å²) in [6, 6.07) is 19.6. The summed E-state index contributed by atoms with van der Waals surface area (Å²) >= 11 is 12.4. The Balaban J connectivity index is 1.48. The van der Waals surface area contributed by atoms with Crippen molar-refractivity contribution in [2.45, 2.75) is 32.2 Å². The van der Waals surface area contributed by atoms with Gasteiger partial charge in [-0.3, -0.25) is 20.2 Å². The molecule has 1 aliphatic rings. The number of nitro groups is 1. The Kier molecular flexibility index (Phi) is 9.20. The van der Waals surface area contributed by atoms with Crippen molar-refractivity contribution in [1.82, 2.24) is 20.6 Å². The number of halogens is 2. The predicted molar refractivity (Wildman–Crippen MR) is 163 cm³/mol. The third-order valence-corrected chi connectivity index (χ3v) is 7.09. The summed E-state index contributed by atoms with van der Waals surface area (Å²) in [4.78, 5) is 30.3. The van der Waals surface area contributed by atoms with Crippen LogP contribution in [0.5, 0.6) is 0 Å². The number of amides is 1. The SMILES string of the molecule is O=C(Nc1nn[nH]n1)c1ccc(CN(C(C[N+](=O)[O-])=Nc2cc(Cl)cc(Cl)c2)c2ccc(C3=CCCCC3)cc2)cc1. The molecule has 0 saturated carbocycles. The van der Waals surface area contributed by atoms with Crippen LogP contribution in [0.2, 0.25) is 10.0 Å². The van der Waals surface area contributed by atoms with E-state index >= 15 is 0 Å². The second-order valence-corrected chi connectivity index (χ2v) is 10.5. The molecule has 42 heavy (non-hydrogen) atoms. The van der Waals surface area contributed by atoms with Gasteiger partial charge in [0.1, 0.15) is 0 Å². The van der Waals surface area contributed by atoms with Crippen molar-refractivity contribution in [2.24, 2.45) is 4.99 Å². The number of allylic oxidation sites excluding steroid dienone is 2. The monoisotopic (exact) mass is 604 g/mol. The minimum Gasteiger partial charge on any atom is -0.320 e. The number of tetrazole rings is 1. The maximum atomic E-state index is 12.6. The van der Waals surface area contributed by atoms with Gasteiger partial charge in [-0.15, -0.1) is 5.10 Å². The molecule has 1 amide bonds. The number of nitrogens with zero attached hydrogens (tertiary/aromatic N) is 6. The van der Waals surface area contributed by atoms with Crippen molar-refractivity contribution in [3.05, 3.63) is 110 Å². The lowest BCUT2D eigenvalue weighted by atomic mass is 9.93. The number of H-pyrrole nitrogens is 1. The first-order valence-corrected chi connectivity index (χ1v) is 14.0. The van der Waals surface area contributed by atoms with Crippen LogP contribution < -0.4 is 10.2 Å². The summed E-state index contributed by atoms with van der Waals surface area (Å²) in [5, 5.41) is 28.2. The Hall–Kier alpha value is -4.61. The quantitative estimate of drug-likeness (QED) is 0.0932. The highest BCUT2D eigenvalue weighted by molar-refractivity contribution is 6.35. The zero-order chi connectivity index (χ0) is 29.5. The van der Waals surface area contributed by atoms with Gasteiger partial charge in [0.15, 0.2) is 5.84 Å². The fourth-order valence-corrected chi connectivity index (χ4v) is 5.18. The number of hydrogen-bond acceptors (Lipinski definition) is 7. The fourth-order valence-electron chi connectivity index (χ4n) is 4.67. The number of anilines is 2. The molecule has 1 heterocycles. The summed E-state index contributed by atoms with van der Waals surface area (Å²) < 4.78 is 0. The normalized spacial score (nSPS) is 13.4. The third kappa shape index (κ3) is 7.56. The van der Waals surface area contributed by atoms with Gasteiger partial charge in [-0.2, -0.15) is 5.21 Å². The number of aliphatic imine (C=N–C) groups is 1. The van der Waals surface area contributed by atoms with Gasteiger partial charge in [0.2, 0.25) is 0 Å². The van der Waals surface area contributed by atoms with Crippen LogP contribution in [0.1, 0.15) is 47.2 Å². The van der Waals surface area contributed by atoms with E-state index in [4.69, 9.17) is 23.2 Å². The molecule has 0 fully saturated rings. The van der Waals surface area contributed by atoms with Crippen LogP contribution >= 0.6 is 23.2 Å². The van der Waals surface area contributed by atoms with Gasteiger partial charge in [0.05, 0.1) is 5.69 Å². The number of rotatable bonds is 9. The molecule has 0 unspecified atom stereocenters. The van der Waals surface area contributed by atoms with E-state index in [0.717, 1.165) is 36.1 Å². The van der Waals surface area contributed by atoms with Gasteiger partial charge < -0.3 is 4.90 Å². The van der Waals surface area contributed by atoms with Gasteiger partial charge in [0, 0.05) is 32.8 Å². The Morgan fingerprint density at radius 3 is 2.40 bits per heavy atom. The summed E-state index contributed by atoms with van der Waals surface area (Å²) in [7, 11) is 0. The number of benzene rings is 3. The van der Waals surface area contributed by atoms with Crippen molar-refractivity contribution in [2.75, 3.05) is 16.8 Å². The molecule has 1 aromatic heterocycles. The maximum absolute atomic E-state index is 12.6. The molecule has 214 valence electrons. The number of nitrogens with one attached hydrogen (secondary N) is 2. The number of carbonyl (C=O) groups excluding carboxylic acids is 1. The molecular weight excluding hydrogens is 579 g/mol. The smallest absolute Gasteiger partial charge is 0.270 e. The van der Waals surface area contributed by atoms with Gasteiger partial charge in [-0.25, -0.2) is 4.99 Å². The zero-order valence-electron chi connectivity index (χ0n) is 22.3. The van der Waals surface area contributed by atoms with Crippen LogP contribution in [0.4, 0.5) is 17.3 Å². The molecule has 5 rings (SSSR count). The molecule has 4 aromatic rings. The maximum Gasteiger partial charge on any atom is 0.270 e. The molecule has 0 atom stereocenters. The lowest BCUT2D eigenvalue weighted by molar-refractivity contribution is -0.463. The van der Waals surface area contributed by atoms with Crippen molar-refractivity contribution in [1.29, 1.82) is 0 Å². The van der Waals surface area contributed by atoms with Gasteiger partial charge >= 0.3 is 0 Å². The summed E-state index contributed by atoms with van der Waals surface area (Å²) in [5.74, 6) is -0.146. The van der Waals surface area contributed by atoms with Crippen LogP contribution in [-0.2, 0) is 6.54 Å². The molecule has 3 aromatic carbocycles. The van der Waals surface area contributed by atoms with E-state index in [1.165, 1.54) is 12.0 Å². The highest BCUT2D eigenvalue weighted by Crippen LogP contribution is 2.30. The molecule has 2 N–H and O–H groups in total. The molecule has 13 heteroatoms. The van der Waals surface area contributed by atoms with E-state index in [1.807, 2.05) is 24.3 Å². The van der Waals surface area contributed by atoms with E-state index in [0.29, 0.717) is 21.3 Å². The second kappa shape index (κ2) is 13.4. The van der Waals surface area contributed by atoms with E-state index < -0.39 is 17.4 Å². The minimum absolute atomic E-state index is 0.0597. The first-order chi connectivity index (χ1) is 20.3. The first-order valence-electron chi connectivity index (χ1n) is 13.2. The first kappa shape index (κ1) is 28.9. The molecule has 0 bridgehead atoms. The average molecular weight is 605 g/mol. The van der Waals surface area contributed by atoms with Crippen molar-refractivity contribution < 1.29 is 9.72 Å². The Labute approximate surface area is 251 Å². The van der Waals surface area contributed by atoms with Crippen molar-refractivity contribution in [3.8, 4) is 0 Å². The third-order valence-electron chi connectivity index (χ3n) is 6.66. The average Bonchev–Trinajstić information content (AvgIpc) is 3.49. The number of amidine groups is 1. The number of hydrogen-bond donors (Lipinski definition) is 2. The Morgan fingerprint density at radius 1 is 1.05 bits per heavy atom. The van der Waals surface area contributed by atoms with E-state index in [9.17, 15) is 14.9 Å². The summed E-state index contributed by atoms with van der Waals surface area (Å²) in [6.45, 7) is -0.294. The topological polar surface area (TPSA) is 142 Å². The minimum atomic E-state index is -0.539. The Morgan fingerprint density at radius 2 is 1.79 bits per heavy atom. The Bertz CT molecular complexity index is 1600. The largest absolute Gasteiger partial charge is 0.320 e. The van der Waals surface area contributed by atoms with Gasteiger partial charge in [-0.1, -0.05) is 58.6 Å². The molecular formula is C29H26Cl2N8O3. The number of carbonyl (C=O) groups is 1. The molecule has 0 spiro atoms. The summed E-state index contributed by atoms with van der Waals surface area (Å²) in [6.07, 6.45) is 6.72. The van der Waals surface area contributed by atoms with E-state index in [-0.39, 0.29) is 18.3 Å². The lowest BCUT2D eigenvalue weighted by Gasteiger charge is -2.25. The van der Waals surface area contributed by atoms with E-state index in [1.54, 1.807) is 47.4 Å². The molecule has 0 radical (unpaired) electrons. The molecule has 0 aliphatic heterocycles. The van der Waals surface area contributed by atoms with Crippen LogP contribution in [0.15, 0.2) is 77.8 Å². The summed E-state index contributed by atoms with van der Waals surface area (Å²) in [5.41, 5.74) is 4.74.